The highest BCUT2D eigenvalue weighted by molar-refractivity contribution is 5.05. The summed E-state index contributed by atoms with van der Waals surface area (Å²) >= 11 is 0. The largest absolute Gasteiger partial charge is 0.388 e. The number of hydrogen-bond donors (Lipinski definition) is 1. The van der Waals surface area contributed by atoms with Gasteiger partial charge in [-0.3, -0.25) is 0 Å². The molecule has 0 aliphatic carbocycles. The molecule has 13 heavy (non-hydrogen) atoms. The smallest absolute Gasteiger partial charge is 0.0775 e. The van der Waals surface area contributed by atoms with E-state index in [9.17, 15) is 5.11 Å². The molecular weight excluding hydrogens is 160 g/mol. The molecule has 0 aliphatic heterocycles. The molecule has 2 unspecified atom stereocenters. The Balaban J connectivity index is 4.18. The zero-order chi connectivity index (χ0) is 10.3. The summed E-state index contributed by atoms with van der Waals surface area (Å²) < 4.78 is 0. The van der Waals surface area contributed by atoms with Crippen molar-refractivity contribution in [3.05, 3.63) is 11.6 Å². The fraction of sp³-hybridized carbons (Fsp3) is 0.833. The molecule has 78 valence electrons. The Kier molecular flexibility index (Phi) is 6.97. The number of rotatable bonds is 6. The van der Waals surface area contributed by atoms with Gasteiger partial charge in [0, 0.05) is 0 Å². The van der Waals surface area contributed by atoms with E-state index < -0.39 is 0 Å². The van der Waals surface area contributed by atoms with E-state index in [4.69, 9.17) is 0 Å². The van der Waals surface area contributed by atoms with Crippen LogP contribution in [0.25, 0.3) is 0 Å². The van der Waals surface area contributed by atoms with E-state index in [0.717, 1.165) is 31.3 Å². The van der Waals surface area contributed by atoms with Crippen LogP contribution in [0.4, 0.5) is 0 Å². The van der Waals surface area contributed by atoms with E-state index in [0.29, 0.717) is 5.92 Å². The maximum absolute atomic E-state index is 9.97. The van der Waals surface area contributed by atoms with Crippen molar-refractivity contribution >= 4 is 0 Å². The zero-order valence-corrected chi connectivity index (χ0v) is 9.51. The van der Waals surface area contributed by atoms with Gasteiger partial charge >= 0.3 is 0 Å². The van der Waals surface area contributed by atoms with Gasteiger partial charge in [-0.1, -0.05) is 39.7 Å². The molecule has 0 fully saturated rings. The molecule has 0 saturated heterocycles. The molecule has 0 spiro atoms. The molecule has 0 aromatic carbocycles. The van der Waals surface area contributed by atoms with Gasteiger partial charge in [0.15, 0.2) is 0 Å². The van der Waals surface area contributed by atoms with Gasteiger partial charge < -0.3 is 5.11 Å². The van der Waals surface area contributed by atoms with Crippen LogP contribution in [0.3, 0.4) is 0 Å². The van der Waals surface area contributed by atoms with E-state index >= 15 is 0 Å². The van der Waals surface area contributed by atoms with Gasteiger partial charge in [0.2, 0.25) is 0 Å². The van der Waals surface area contributed by atoms with Crippen molar-refractivity contribution in [2.75, 3.05) is 0 Å². The Morgan fingerprint density at radius 2 is 1.92 bits per heavy atom. The first-order chi connectivity index (χ1) is 6.17. The van der Waals surface area contributed by atoms with Crippen LogP contribution in [0.1, 0.15) is 53.4 Å². The zero-order valence-electron chi connectivity index (χ0n) is 9.51. The van der Waals surface area contributed by atoms with Crippen molar-refractivity contribution < 1.29 is 5.11 Å². The minimum atomic E-state index is -0.218. The summed E-state index contributed by atoms with van der Waals surface area (Å²) in [4.78, 5) is 0. The van der Waals surface area contributed by atoms with Gasteiger partial charge in [-0.2, -0.15) is 0 Å². The Morgan fingerprint density at radius 3 is 2.31 bits per heavy atom. The van der Waals surface area contributed by atoms with Crippen molar-refractivity contribution in [2.24, 2.45) is 5.92 Å². The second kappa shape index (κ2) is 7.14. The Morgan fingerprint density at radius 1 is 1.31 bits per heavy atom. The SMILES string of the molecule is CC/C=C(\C)C(O)C(CC)CCC. The molecule has 0 saturated carbocycles. The maximum atomic E-state index is 9.97. The van der Waals surface area contributed by atoms with Gasteiger partial charge in [0.25, 0.3) is 0 Å². The second-order valence-electron chi connectivity index (χ2n) is 3.76. The molecule has 0 aromatic heterocycles. The third kappa shape index (κ3) is 4.47. The van der Waals surface area contributed by atoms with E-state index in [2.05, 4.69) is 26.8 Å². The highest BCUT2D eigenvalue weighted by Gasteiger charge is 2.17. The van der Waals surface area contributed by atoms with Crippen LogP contribution < -0.4 is 0 Å². The van der Waals surface area contributed by atoms with Crippen molar-refractivity contribution in [2.45, 2.75) is 59.5 Å². The normalized spacial score (nSPS) is 17.2. The standard InChI is InChI=1S/C12H24O/c1-5-8-10(4)12(13)11(7-3)9-6-2/h8,11-13H,5-7,9H2,1-4H3/b10-8+. The summed E-state index contributed by atoms with van der Waals surface area (Å²) in [6, 6.07) is 0. The molecule has 0 heterocycles. The first-order valence-electron chi connectivity index (χ1n) is 5.51. The van der Waals surface area contributed by atoms with Gasteiger partial charge in [0.1, 0.15) is 0 Å². The summed E-state index contributed by atoms with van der Waals surface area (Å²) in [5.41, 5.74) is 1.14. The molecule has 0 aliphatic rings. The van der Waals surface area contributed by atoms with Crippen LogP contribution in [-0.2, 0) is 0 Å². The first kappa shape index (κ1) is 12.7. The third-order valence-corrected chi connectivity index (χ3v) is 2.62. The van der Waals surface area contributed by atoms with Gasteiger partial charge in [-0.05, 0) is 31.3 Å². The minimum Gasteiger partial charge on any atom is -0.388 e. The molecular formula is C12H24O. The van der Waals surface area contributed by atoms with Crippen molar-refractivity contribution in [1.29, 1.82) is 0 Å². The summed E-state index contributed by atoms with van der Waals surface area (Å²) in [5.74, 6) is 0.452. The molecule has 0 radical (unpaired) electrons. The molecule has 1 heteroatoms. The fourth-order valence-corrected chi connectivity index (χ4v) is 1.77. The van der Waals surface area contributed by atoms with Crippen molar-refractivity contribution in [3.63, 3.8) is 0 Å². The van der Waals surface area contributed by atoms with Gasteiger partial charge in [-0.15, -0.1) is 0 Å². The van der Waals surface area contributed by atoms with Crippen LogP contribution in [0.2, 0.25) is 0 Å². The predicted octanol–water partition coefficient (Wildman–Crippen LogP) is 3.53. The Bertz CT molecular complexity index is 149. The molecule has 0 rings (SSSR count). The fourth-order valence-electron chi connectivity index (χ4n) is 1.77. The van der Waals surface area contributed by atoms with Gasteiger partial charge in [0.05, 0.1) is 6.10 Å². The minimum absolute atomic E-state index is 0.218. The number of allylic oxidation sites excluding steroid dienone is 1. The lowest BCUT2D eigenvalue weighted by Gasteiger charge is -2.21. The molecule has 0 bridgehead atoms. The quantitative estimate of drug-likeness (QED) is 0.626. The van der Waals surface area contributed by atoms with Crippen LogP contribution in [0.15, 0.2) is 11.6 Å². The van der Waals surface area contributed by atoms with Gasteiger partial charge in [-0.25, -0.2) is 0 Å². The maximum Gasteiger partial charge on any atom is 0.0775 e. The van der Waals surface area contributed by atoms with Crippen LogP contribution >= 0.6 is 0 Å². The number of aliphatic hydroxyl groups excluding tert-OH is 1. The molecule has 2 atom stereocenters. The van der Waals surface area contributed by atoms with E-state index in [1.807, 2.05) is 6.92 Å². The van der Waals surface area contributed by atoms with Crippen LogP contribution in [0.5, 0.6) is 0 Å². The summed E-state index contributed by atoms with van der Waals surface area (Å²) in [5, 5.41) is 9.97. The number of aliphatic hydroxyl groups is 1. The summed E-state index contributed by atoms with van der Waals surface area (Å²) in [6.07, 6.45) is 6.30. The Hall–Kier alpha value is -0.300. The van der Waals surface area contributed by atoms with Crippen LogP contribution in [-0.4, -0.2) is 11.2 Å². The van der Waals surface area contributed by atoms with E-state index in [1.165, 1.54) is 0 Å². The molecule has 0 amide bonds. The lowest BCUT2D eigenvalue weighted by Crippen LogP contribution is -2.20. The summed E-state index contributed by atoms with van der Waals surface area (Å²) in [7, 11) is 0. The molecule has 0 aromatic rings. The topological polar surface area (TPSA) is 20.2 Å². The highest BCUT2D eigenvalue weighted by Crippen LogP contribution is 2.21. The summed E-state index contributed by atoms with van der Waals surface area (Å²) in [6.45, 7) is 8.47. The lowest BCUT2D eigenvalue weighted by atomic mass is 9.90. The highest BCUT2D eigenvalue weighted by atomic mass is 16.3. The van der Waals surface area contributed by atoms with E-state index in [-0.39, 0.29) is 6.10 Å². The van der Waals surface area contributed by atoms with E-state index in [1.54, 1.807) is 0 Å². The van der Waals surface area contributed by atoms with Crippen LogP contribution in [0, 0.1) is 5.92 Å². The van der Waals surface area contributed by atoms with Crippen molar-refractivity contribution in [1.82, 2.24) is 0 Å². The molecule has 1 N–H and O–H groups in total. The molecule has 1 nitrogen and oxygen atoms in total. The first-order valence-corrected chi connectivity index (χ1v) is 5.51. The monoisotopic (exact) mass is 184 g/mol. The Labute approximate surface area is 82.9 Å². The number of hydrogen-bond acceptors (Lipinski definition) is 1. The average molecular weight is 184 g/mol. The lowest BCUT2D eigenvalue weighted by molar-refractivity contribution is 0.131. The predicted molar refractivity (Wildman–Crippen MR) is 58.7 cm³/mol. The average Bonchev–Trinajstić information content (AvgIpc) is 2.13. The third-order valence-electron chi connectivity index (χ3n) is 2.62. The second-order valence-corrected chi connectivity index (χ2v) is 3.76. The van der Waals surface area contributed by atoms with Crippen molar-refractivity contribution in [3.8, 4) is 0 Å².